The van der Waals surface area contributed by atoms with E-state index in [4.69, 9.17) is 0 Å². The van der Waals surface area contributed by atoms with E-state index in [0.717, 1.165) is 5.56 Å². The highest BCUT2D eigenvalue weighted by Gasteiger charge is 2.30. The lowest BCUT2D eigenvalue weighted by Crippen LogP contribution is -2.43. The monoisotopic (exact) mass is 366 g/mol. The average Bonchev–Trinajstić information content (AvgIpc) is 2.65. The first-order valence-electron chi connectivity index (χ1n) is 8.00. The first kappa shape index (κ1) is 19.1. The van der Waals surface area contributed by atoms with Crippen LogP contribution in [0.15, 0.2) is 35.7 Å². The molecule has 1 saturated heterocycles. The molecule has 8 heteroatoms. The molecule has 0 aromatic heterocycles. The van der Waals surface area contributed by atoms with E-state index in [1.165, 1.54) is 16.8 Å². The van der Waals surface area contributed by atoms with Crippen LogP contribution >= 0.6 is 0 Å². The fourth-order valence-electron chi connectivity index (χ4n) is 2.56. The van der Waals surface area contributed by atoms with Gasteiger partial charge in [-0.1, -0.05) is 30.3 Å². The number of carbonyl (C=O) groups is 2. The fourth-order valence-corrected chi connectivity index (χ4v) is 3.78. The molecule has 136 valence electrons. The Hall–Kier alpha value is -2.19. The van der Waals surface area contributed by atoms with Gasteiger partial charge in [0, 0.05) is 24.4 Å². The molecule has 0 aliphatic carbocycles. The van der Waals surface area contributed by atoms with Crippen molar-refractivity contribution in [2.24, 2.45) is 5.92 Å². The van der Waals surface area contributed by atoms with E-state index in [9.17, 15) is 18.0 Å². The van der Waals surface area contributed by atoms with Crippen molar-refractivity contribution in [2.75, 3.05) is 26.7 Å². The minimum atomic E-state index is -3.51. The molecule has 1 amide bonds. The highest BCUT2D eigenvalue weighted by Crippen LogP contribution is 2.21. The number of amides is 1. The van der Waals surface area contributed by atoms with Crippen LogP contribution in [0.2, 0.25) is 0 Å². The molecule has 0 radical (unpaired) electrons. The second-order valence-electron chi connectivity index (χ2n) is 5.73. The van der Waals surface area contributed by atoms with Crippen LogP contribution in [0.4, 0.5) is 0 Å². The highest BCUT2D eigenvalue weighted by atomic mass is 32.2. The third-order valence-electron chi connectivity index (χ3n) is 4.05. The van der Waals surface area contributed by atoms with Crippen molar-refractivity contribution in [1.82, 2.24) is 9.62 Å². The number of rotatable bonds is 6. The topological polar surface area (TPSA) is 92.8 Å². The quantitative estimate of drug-likeness (QED) is 0.758. The van der Waals surface area contributed by atoms with E-state index >= 15 is 0 Å². The first-order valence-corrected chi connectivity index (χ1v) is 9.50. The Bertz CT molecular complexity index is 723. The Morgan fingerprint density at radius 3 is 2.48 bits per heavy atom. The zero-order chi connectivity index (χ0) is 18.3. The van der Waals surface area contributed by atoms with E-state index in [1.54, 1.807) is 6.08 Å². The van der Waals surface area contributed by atoms with Gasteiger partial charge in [-0.05, 0) is 24.5 Å². The molecule has 7 nitrogen and oxygen atoms in total. The zero-order valence-electron chi connectivity index (χ0n) is 14.1. The Labute approximate surface area is 147 Å². The van der Waals surface area contributed by atoms with Crippen LogP contribution in [0.25, 0.3) is 6.08 Å². The molecule has 2 rings (SSSR count). The molecule has 1 aromatic rings. The van der Waals surface area contributed by atoms with Crippen LogP contribution in [0.3, 0.4) is 0 Å². The summed E-state index contributed by atoms with van der Waals surface area (Å²) in [5, 5.41) is 3.70. The Balaban J connectivity index is 1.87. The molecule has 0 unspecified atom stereocenters. The molecule has 0 saturated carbocycles. The summed E-state index contributed by atoms with van der Waals surface area (Å²) in [6.07, 6.45) is 2.40. The SMILES string of the molecule is COC(=O)CNC(=O)C1CCN(S(=O)(=O)/C=C/c2ccccc2)CC1. The maximum absolute atomic E-state index is 12.4. The molecule has 25 heavy (non-hydrogen) atoms. The second kappa shape index (κ2) is 8.77. The van der Waals surface area contributed by atoms with Crippen molar-refractivity contribution >= 4 is 28.0 Å². The van der Waals surface area contributed by atoms with E-state index in [-0.39, 0.29) is 31.5 Å². The standard InChI is InChI=1S/C17H22N2O5S/c1-24-16(20)13-18-17(21)15-7-10-19(11-8-15)25(22,23)12-9-14-5-3-2-4-6-14/h2-6,9,12,15H,7-8,10-11,13H2,1H3,(H,18,21)/b12-9+. The molecule has 1 N–H and O–H groups in total. The molecule has 0 bridgehead atoms. The minimum Gasteiger partial charge on any atom is -0.468 e. The number of sulfonamides is 1. The van der Waals surface area contributed by atoms with E-state index in [0.29, 0.717) is 12.8 Å². The highest BCUT2D eigenvalue weighted by molar-refractivity contribution is 7.92. The van der Waals surface area contributed by atoms with Crippen LogP contribution < -0.4 is 5.32 Å². The summed E-state index contributed by atoms with van der Waals surface area (Å²) in [5.41, 5.74) is 0.808. The predicted molar refractivity (Wildman–Crippen MR) is 93.7 cm³/mol. The van der Waals surface area contributed by atoms with Gasteiger partial charge in [-0.2, -0.15) is 4.31 Å². The molecular formula is C17H22N2O5S. The molecule has 1 aliphatic rings. The molecule has 0 atom stereocenters. The predicted octanol–water partition coefficient (Wildman–Crippen LogP) is 0.988. The molecule has 1 aromatic carbocycles. The fraction of sp³-hybridized carbons (Fsp3) is 0.412. The zero-order valence-corrected chi connectivity index (χ0v) is 14.9. The van der Waals surface area contributed by atoms with Crippen LogP contribution in [-0.4, -0.2) is 51.3 Å². The van der Waals surface area contributed by atoms with Crippen molar-refractivity contribution in [1.29, 1.82) is 0 Å². The van der Waals surface area contributed by atoms with Crippen molar-refractivity contribution in [2.45, 2.75) is 12.8 Å². The van der Waals surface area contributed by atoms with Crippen LogP contribution in [0.1, 0.15) is 18.4 Å². The van der Waals surface area contributed by atoms with Gasteiger partial charge in [0.25, 0.3) is 0 Å². The minimum absolute atomic E-state index is 0.173. The van der Waals surface area contributed by atoms with Gasteiger partial charge >= 0.3 is 5.97 Å². The van der Waals surface area contributed by atoms with E-state index < -0.39 is 16.0 Å². The first-order chi connectivity index (χ1) is 11.9. The largest absolute Gasteiger partial charge is 0.468 e. The van der Waals surface area contributed by atoms with Gasteiger partial charge in [-0.15, -0.1) is 0 Å². The van der Waals surface area contributed by atoms with Crippen molar-refractivity contribution < 1.29 is 22.7 Å². The van der Waals surface area contributed by atoms with Gasteiger partial charge in [-0.25, -0.2) is 8.42 Å². The van der Waals surface area contributed by atoms with Gasteiger partial charge in [-0.3, -0.25) is 9.59 Å². The smallest absolute Gasteiger partial charge is 0.325 e. The number of esters is 1. The van der Waals surface area contributed by atoms with Crippen molar-refractivity contribution in [3.05, 3.63) is 41.3 Å². The number of nitrogens with zero attached hydrogens (tertiary/aromatic N) is 1. The van der Waals surface area contributed by atoms with Gasteiger partial charge < -0.3 is 10.1 Å². The average molecular weight is 366 g/mol. The van der Waals surface area contributed by atoms with Gasteiger partial charge in [0.15, 0.2) is 0 Å². The number of hydrogen-bond acceptors (Lipinski definition) is 5. The van der Waals surface area contributed by atoms with Gasteiger partial charge in [0.1, 0.15) is 6.54 Å². The van der Waals surface area contributed by atoms with Crippen molar-refractivity contribution in [3.8, 4) is 0 Å². The third kappa shape index (κ3) is 5.68. The van der Waals surface area contributed by atoms with E-state index in [1.807, 2.05) is 30.3 Å². The number of carbonyl (C=O) groups excluding carboxylic acids is 2. The summed E-state index contributed by atoms with van der Waals surface area (Å²) in [7, 11) is -2.26. The summed E-state index contributed by atoms with van der Waals surface area (Å²) >= 11 is 0. The lowest BCUT2D eigenvalue weighted by atomic mass is 9.97. The third-order valence-corrected chi connectivity index (χ3v) is 5.62. The number of benzene rings is 1. The van der Waals surface area contributed by atoms with Crippen LogP contribution in [0, 0.1) is 5.92 Å². The molecule has 1 heterocycles. The van der Waals surface area contributed by atoms with E-state index in [2.05, 4.69) is 10.1 Å². The number of piperidine rings is 1. The second-order valence-corrected chi connectivity index (χ2v) is 7.54. The van der Waals surface area contributed by atoms with Gasteiger partial charge in [0.05, 0.1) is 7.11 Å². The number of nitrogens with one attached hydrogen (secondary N) is 1. The lowest BCUT2D eigenvalue weighted by Gasteiger charge is -2.29. The van der Waals surface area contributed by atoms with Crippen LogP contribution in [0.5, 0.6) is 0 Å². The summed E-state index contributed by atoms with van der Waals surface area (Å²) in [4.78, 5) is 23.0. The Morgan fingerprint density at radius 2 is 1.88 bits per heavy atom. The summed E-state index contributed by atoms with van der Waals surface area (Å²) in [6.45, 7) is 0.378. The lowest BCUT2D eigenvalue weighted by molar-refractivity contribution is -0.141. The summed E-state index contributed by atoms with van der Waals surface area (Å²) < 4.78 is 30.6. The van der Waals surface area contributed by atoms with Crippen molar-refractivity contribution in [3.63, 3.8) is 0 Å². The molecule has 1 fully saturated rings. The molecule has 1 aliphatic heterocycles. The Morgan fingerprint density at radius 1 is 1.24 bits per heavy atom. The van der Waals surface area contributed by atoms with Crippen LogP contribution in [-0.2, 0) is 24.3 Å². The normalized spacial score (nSPS) is 16.7. The number of methoxy groups -OCH3 is 1. The number of ether oxygens (including phenoxy) is 1. The maximum atomic E-state index is 12.4. The number of hydrogen-bond donors (Lipinski definition) is 1. The summed E-state index contributed by atoms with van der Waals surface area (Å²) in [5.74, 6) is -1.06. The molecule has 0 spiro atoms. The molecular weight excluding hydrogens is 344 g/mol. The maximum Gasteiger partial charge on any atom is 0.325 e. The summed E-state index contributed by atoms with van der Waals surface area (Å²) in [6, 6.07) is 9.19. The van der Waals surface area contributed by atoms with Gasteiger partial charge in [0.2, 0.25) is 15.9 Å². The Kier molecular flexibility index (Phi) is 6.72.